The number of anilines is 2. The minimum absolute atomic E-state index is 0.159. The van der Waals surface area contributed by atoms with Gasteiger partial charge in [0.1, 0.15) is 5.82 Å². The highest BCUT2D eigenvalue weighted by molar-refractivity contribution is 6.01. The molecule has 1 amide bonds. The van der Waals surface area contributed by atoms with Crippen LogP contribution in [-0.4, -0.2) is 40.2 Å². The Hall–Kier alpha value is -2.77. The Morgan fingerprint density at radius 2 is 2.05 bits per heavy atom. The average molecular weight is 274 g/mol. The van der Waals surface area contributed by atoms with Gasteiger partial charge in [-0.15, -0.1) is 10.2 Å². The summed E-state index contributed by atoms with van der Waals surface area (Å²) in [6.45, 7) is 1.78. The van der Waals surface area contributed by atoms with E-state index in [-0.39, 0.29) is 11.6 Å². The first-order valence-electron chi connectivity index (χ1n) is 5.85. The summed E-state index contributed by atoms with van der Waals surface area (Å²) >= 11 is 0. The van der Waals surface area contributed by atoms with Crippen molar-refractivity contribution in [3.63, 3.8) is 0 Å². The lowest BCUT2D eigenvalue weighted by atomic mass is 10.3. The minimum atomic E-state index is -0.437. The third-order valence-electron chi connectivity index (χ3n) is 2.42. The van der Waals surface area contributed by atoms with Crippen molar-refractivity contribution in [2.75, 3.05) is 24.8 Å². The molecule has 8 nitrogen and oxygen atoms in total. The van der Waals surface area contributed by atoms with Crippen LogP contribution in [0.2, 0.25) is 0 Å². The number of nitrogens with zero attached hydrogens (tertiary/aromatic N) is 4. The van der Waals surface area contributed by atoms with Crippen molar-refractivity contribution in [1.82, 2.24) is 20.2 Å². The van der Waals surface area contributed by atoms with Crippen LogP contribution >= 0.6 is 0 Å². The summed E-state index contributed by atoms with van der Waals surface area (Å²) in [5.41, 5.74) is 0.858. The number of hydrogen-bond acceptors (Lipinski definition) is 7. The van der Waals surface area contributed by atoms with Gasteiger partial charge in [-0.05, 0) is 19.1 Å². The molecule has 0 saturated carbocycles. The number of carbonyl (C=O) groups excluding carboxylic acids is 1. The summed E-state index contributed by atoms with van der Waals surface area (Å²) < 4.78 is 5.01. The van der Waals surface area contributed by atoms with Crippen molar-refractivity contribution in [1.29, 1.82) is 0 Å². The van der Waals surface area contributed by atoms with Gasteiger partial charge in [-0.3, -0.25) is 10.1 Å². The van der Waals surface area contributed by atoms with Crippen molar-refractivity contribution in [2.24, 2.45) is 0 Å². The molecule has 2 aromatic heterocycles. The predicted molar refractivity (Wildman–Crippen MR) is 72.9 cm³/mol. The normalized spacial score (nSPS) is 9.95. The van der Waals surface area contributed by atoms with Crippen LogP contribution in [0.1, 0.15) is 16.2 Å². The van der Waals surface area contributed by atoms with E-state index in [1.807, 2.05) is 0 Å². The Morgan fingerprint density at radius 3 is 2.65 bits per heavy atom. The third kappa shape index (κ3) is 3.16. The molecule has 0 radical (unpaired) electrons. The number of aromatic nitrogens is 4. The van der Waals surface area contributed by atoms with E-state index in [9.17, 15) is 4.79 Å². The van der Waals surface area contributed by atoms with Crippen LogP contribution in [-0.2, 0) is 0 Å². The van der Waals surface area contributed by atoms with Gasteiger partial charge in [-0.25, -0.2) is 4.98 Å². The predicted octanol–water partition coefficient (Wildman–Crippen LogP) is 0.878. The first-order chi connectivity index (χ1) is 9.62. The second-order valence-electron chi connectivity index (χ2n) is 3.88. The van der Waals surface area contributed by atoms with Gasteiger partial charge in [0.15, 0.2) is 5.69 Å². The lowest BCUT2D eigenvalue weighted by Gasteiger charge is -2.06. The van der Waals surface area contributed by atoms with Gasteiger partial charge < -0.3 is 10.1 Å². The van der Waals surface area contributed by atoms with Gasteiger partial charge >= 0.3 is 0 Å². The van der Waals surface area contributed by atoms with Crippen molar-refractivity contribution < 1.29 is 9.53 Å². The molecular weight excluding hydrogens is 260 g/mol. The molecule has 2 rings (SSSR count). The molecule has 20 heavy (non-hydrogen) atoms. The molecule has 0 bridgehead atoms. The van der Waals surface area contributed by atoms with Crippen LogP contribution in [0.5, 0.6) is 5.88 Å². The van der Waals surface area contributed by atoms with E-state index in [1.165, 1.54) is 7.11 Å². The van der Waals surface area contributed by atoms with Gasteiger partial charge in [0, 0.05) is 18.8 Å². The fraction of sp³-hybridized carbons (Fsp3) is 0.250. The molecule has 0 aliphatic rings. The van der Waals surface area contributed by atoms with E-state index in [0.717, 1.165) is 0 Å². The summed E-state index contributed by atoms with van der Waals surface area (Å²) in [6.07, 6.45) is 0. The molecule has 2 heterocycles. The molecule has 8 heteroatoms. The van der Waals surface area contributed by atoms with E-state index >= 15 is 0 Å². The van der Waals surface area contributed by atoms with E-state index in [2.05, 4.69) is 30.8 Å². The van der Waals surface area contributed by atoms with Gasteiger partial charge in [-0.2, -0.15) is 4.98 Å². The summed E-state index contributed by atoms with van der Waals surface area (Å²) in [5, 5.41) is 13.0. The Bertz CT molecular complexity index is 614. The zero-order chi connectivity index (χ0) is 14.5. The first kappa shape index (κ1) is 13.7. The fourth-order valence-corrected chi connectivity index (χ4v) is 1.45. The zero-order valence-electron chi connectivity index (χ0n) is 11.3. The number of nitrogens with one attached hydrogen (secondary N) is 2. The lowest BCUT2D eigenvalue weighted by molar-refractivity contribution is 0.102. The molecule has 2 N–H and O–H groups in total. The maximum atomic E-state index is 12.0. The van der Waals surface area contributed by atoms with Crippen molar-refractivity contribution in [2.45, 2.75) is 6.92 Å². The van der Waals surface area contributed by atoms with Crippen LogP contribution in [0.15, 0.2) is 18.2 Å². The summed E-state index contributed by atoms with van der Waals surface area (Å²) in [7, 11) is 3.21. The lowest BCUT2D eigenvalue weighted by Crippen LogP contribution is -2.17. The van der Waals surface area contributed by atoms with E-state index < -0.39 is 5.91 Å². The first-order valence-corrected chi connectivity index (χ1v) is 5.85. The number of carbonyl (C=O) groups is 1. The third-order valence-corrected chi connectivity index (χ3v) is 2.42. The van der Waals surface area contributed by atoms with Gasteiger partial charge in [0.2, 0.25) is 11.8 Å². The minimum Gasteiger partial charge on any atom is -0.481 e. The number of amides is 1. The Balaban J connectivity index is 2.16. The zero-order valence-corrected chi connectivity index (χ0v) is 11.3. The van der Waals surface area contributed by atoms with Crippen LogP contribution in [0.4, 0.5) is 11.8 Å². The van der Waals surface area contributed by atoms with Gasteiger partial charge in [-0.1, -0.05) is 0 Å². The smallest absolute Gasteiger partial charge is 0.278 e. The van der Waals surface area contributed by atoms with Crippen molar-refractivity contribution in [3.05, 3.63) is 29.6 Å². The van der Waals surface area contributed by atoms with E-state index in [0.29, 0.717) is 17.4 Å². The number of aryl methyl sites for hydroxylation is 1. The summed E-state index contributed by atoms with van der Waals surface area (Å²) in [4.78, 5) is 20.1. The van der Waals surface area contributed by atoms with Crippen LogP contribution < -0.4 is 15.4 Å². The monoisotopic (exact) mass is 274 g/mol. The molecule has 0 aromatic carbocycles. The standard InChI is InChI=1S/C12H14N6O2/c1-7-6-10(20-3)15-12(14-7)16-11(19)8-4-5-9(13-2)18-17-8/h4-6H,1-3H3,(H,13,18)(H,14,15,16,19). The highest BCUT2D eigenvalue weighted by atomic mass is 16.5. The van der Waals surface area contributed by atoms with Gasteiger partial charge in [0.05, 0.1) is 7.11 Å². The van der Waals surface area contributed by atoms with Crippen LogP contribution in [0.25, 0.3) is 0 Å². The van der Waals surface area contributed by atoms with E-state index in [4.69, 9.17) is 4.74 Å². The second-order valence-corrected chi connectivity index (χ2v) is 3.88. The van der Waals surface area contributed by atoms with Crippen molar-refractivity contribution >= 4 is 17.7 Å². The number of rotatable bonds is 4. The molecule has 0 unspecified atom stereocenters. The molecule has 0 aliphatic heterocycles. The number of ether oxygens (including phenoxy) is 1. The maximum Gasteiger partial charge on any atom is 0.278 e. The topological polar surface area (TPSA) is 102 Å². The van der Waals surface area contributed by atoms with Crippen LogP contribution in [0.3, 0.4) is 0 Å². The average Bonchev–Trinajstić information content (AvgIpc) is 2.46. The highest BCUT2D eigenvalue weighted by Crippen LogP contribution is 2.12. The highest BCUT2D eigenvalue weighted by Gasteiger charge is 2.11. The number of methoxy groups -OCH3 is 1. The van der Waals surface area contributed by atoms with Crippen molar-refractivity contribution in [3.8, 4) is 5.88 Å². The molecule has 0 fully saturated rings. The maximum absolute atomic E-state index is 12.0. The largest absolute Gasteiger partial charge is 0.481 e. The molecule has 0 aliphatic carbocycles. The molecule has 2 aromatic rings. The van der Waals surface area contributed by atoms with Gasteiger partial charge in [0.25, 0.3) is 5.91 Å². The molecule has 0 spiro atoms. The second kappa shape index (κ2) is 5.91. The van der Waals surface area contributed by atoms with Crippen LogP contribution in [0, 0.1) is 6.92 Å². The SMILES string of the molecule is CNc1ccc(C(=O)Nc2nc(C)cc(OC)n2)nn1. The summed E-state index contributed by atoms with van der Waals surface area (Å²) in [5.74, 6) is 0.679. The molecule has 104 valence electrons. The number of hydrogen-bond donors (Lipinski definition) is 2. The van der Waals surface area contributed by atoms with E-state index in [1.54, 1.807) is 32.2 Å². The molecule has 0 saturated heterocycles. The Kier molecular flexibility index (Phi) is 4.04. The Morgan fingerprint density at radius 1 is 1.25 bits per heavy atom. The summed E-state index contributed by atoms with van der Waals surface area (Å²) in [6, 6.07) is 4.87. The quantitative estimate of drug-likeness (QED) is 0.853. The molecule has 0 atom stereocenters. The fourth-order valence-electron chi connectivity index (χ4n) is 1.45. The molecular formula is C12H14N6O2. The Labute approximate surface area is 115 Å².